The van der Waals surface area contributed by atoms with Gasteiger partial charge in [-0.05, 0) is 18.6 Å². The van der Waals surface area contributed by atoms with Crippen molar-refractivity contribution in [3.8, 4) is 5.75 Å². The minimum absolute atomic E-state index is 0.0284. The Labute approximate surface area is 101 Å². The van der Waals surface area contributed by atoms with Crippen LogP contribution in [0.5, 0.6) is 5.75 Å². The minimum Gasteiger partial charge on any atom is -0.490 e. The first-order valence-corrected chi connectivity index (χ1v) is 5.09. The number of ether oxygens (including phenoxy) is 1. The van der Waals surface area contributed by atoms with Crippen LogP contribution in [0.1, 0.15) is 18.4 Å². The summed E-state index contributed by atoms with van der Waals surface area (Å²) < 4.78 is 55.4. The third-order valence-electron chi connectivity index (χ3n) is 2.09. The number of rotatable bonds is 5. The van der Waals surface area contributed by atoms with Crippen molar-refractivity contribution in [1.82, 2.24) is 0 Å². The summed E-state index contributed by atoms with van der Waals surface area (Å²) in [5.41, 5.74) is 3.49. The zero-order chi connectivity index (χ0) is 13.8. The molecule has 0 fully saturated rings. The number of carbonyl (C=O) groups excluding carboxylic acids is 1. The highest BCUT2D eigenvalue weighted by atomic mass is 19.4. The molecule has 0 aromatic heterocycles. The summed E-state index contributed by atoms with van der Waals surface area (Å²) >= 11 is 0. The highest BCUT2D eigenvalue weighted by Crippen LogP contribution is 2.34. The van der Waals surface area contributed by atoms with E-state index in [-0.39, 0.29) is 19.4 Å². The molecule has 1 amide bonds. The molecule has 0 spiro atoms. The standard InChI is InChI=1S/C11H11F4NO2/c12-10-7(11(13,14)15)3-1-4-8(10)18-6-2-5-9(16)17/h1,3-4H,2,5-6H2,(H2,16,17). The first kappa shape index (κ1) is 14.3. The highest BCUT2D eigenvalue weighted by Gasteiger charge is 2.35. The largest absolute Gasteiger partial charge is 0.490 e. The molecule has 0 heterocycles. The van der Waals surface area contributed by atoms with Crippen LogP contribution in [-0.2, 0) is 11.0 Å². The van der Waals surface area contributed by atoms with Crippen LogP contribution in [0.4, 0.5) is 17.6 Å². The molecular weight excluding hydrogens is 254 g/mol. The molecule has 0 aliphatic carbocycles. The zero-order valence-electron chi connectivity index (χ0n) is 9.26. The van der Waals surface area contributed by atoms with E-state index in [9.17, 15) is 22.4 Å². The topological polar surface area (TPSA) is 52.3 Å². The van der Waals surface area contributed by atoms with Gasteiger partial charge in [0.2, 0.25) is 5.91 Å². The SMILES string of the molecule is NC(=O)CCCOc1cccc(C(F)(F)F)c1F. The van der Waals surface area contributed by atoms with Gasteiger partial charge in [0.25, 0.3) is 0 Å². The van der Waals surface area contributed by atoms with Crippen molar-refractivity contribution < 1.29 is 27.1 Å². The Morgan fingerprint density at radius 2 is 2.00 bits per heavy atom. The third-order valence-corrected chi connectivity index (χ3v) is 2.09. The lowest BCUT2D eigenvalue weighted by molar-refractivity contribution is -0.140. The van der Waals surface area contributed by atoms with Crippen LogP contribution in [0.15, 0.2) is 18.2 Å². The Morgan fingerprint density at radius 3 is 2.56 bits per heavy atom. The van der Waals surface area contributed by atoms with E-state index < -0.39 is 29.2 Å². The van der Waals surface area contributed by atoms with E-state index in [1.807, 2.05) is 0 Å². The van der Waals surface area contributed by atoms with Gasteiger partial charge < -0.3 is 10.5 Å². The maximum absolute atomic E-state index is 13.4. The number of benzene rings is 1. The van der Waals surface area contributed by atoms with Gasteiger partial charge >= 0.3 is 6.18 Å². The third kappa shape index (κ3) is 3.90. The first-order valence-electron chi connectivity index (χ1n) is 5.09. The molecule has 7 heteroatoms. The summed E-state index contributed by atoms with van der Waals surface area (Å²) in [7, 11) is 0. The number of carbonyl (C=O) groups is 1. The molecule has 1 aromatic rings. The van der Waals surface area contributed by atoms with Crippen LogP contribution in [0, 0.1) is 5.82 Å². The molecule has 0 atom stereocenters. The van der Waals surface area contributed by atoms with Crippen molar-refractivity contribution in [3.05, 3.63) is 29.6 Å². The number of halogens is 4. The molecule has 0 radical (unpaired) electrons. The predicted molar refractivity (Wildman–Crippen MR) is 55.3 cm³/mol. The molecule has 1 rings (SSSR count). The monoisotopic (exact) mass is 265 g/mol. The molecule has 0 saturated carbocycles. The van der Waals surface area contributed by atoms with Crippen molar-refractivity contribution in [2.75, 3.05) is 6.61 Å². The van der Waals surface area contributed by atoms with Gasteiger partial charge in [-0.25, -0.2) is 4.39 Å². The molecule has 0 bridgehead atoms. The van der Waals surface area contributed by atoms with E-state index in [4.69, 9.17) is 10.5 Å². The smallest absolute Gasteiger partial charge is 0.419 e. The van der Waals surface area contributed by atoms with Gasteiger partial charge in [0, 0.05) is 6.42 Å². The van der Waals surface area contributed by atoms with Crippen molar-refractivity contribution in [2.45, 2.75) is 19.0 Å². The molecule has 0 aliphatic heterocycles. The Morgan fingerprint density at radius 1 is 1.33 bits per heavy atom. The lowest BCUT2D eigenvalue weighted by Gasteiger charge is -2.11. The van der Waals surface area contributed by atoms with E-state index >= 15 is 0 Å². The number of hydrogen-bond acceptors (Lipinski definition) is 2. The van der Waals surface area contributed by atoms with Crippen LogP contribution in [-0.4, -0.2) is 12.5 Å². The van der Waals surface area contributed by atoms with Crippen LogP contribution in [0.2, 0.25) is 0 Å². The minimum atomic E-state index is -4.77. The van der Waals surface area contributed by atoms with E-state index in [1.165, 1.54) is 0 Å². The second-order valence-electron chi connectivity index (χ2n) is 3.53. The molecule has 18 heavy (non-hydrogen) atoms. The second kappa shape index (κ2) is 5.70. The molecule has 100 valence electrons. The van der Waals surface area contributed by atoms with Gasteiger partial charge in [0.05, 0.1) is 12.2 Å². The van der Waals surface area contributed by atoms with Gasteiger partial charge in [-0.3, -0.25) is 4.79 Å². The van der Waals surface area contributed by atoms with Gasteiger partial charge in [0.1, 0.15) is 0 Å². The Bertz CT molecular complexity index is 432. The maximum atomic E-state index is 13.4. The summed E-state index contributed by atoms with van der Waals surface area (Å²) in [5.74, 6) is -2.50. The normalized spacial score (nSPS) is 11.3. The first-order chi connectivity index (χ1) is 8.32. The number of alkyl halides is 3. The van der Waals surface area contributed by atoms with Crippen LogP contribution >= 0.6 is 0 Å². The quantitative estimate of drug-likeness (QED) is 0.657. The second-order valence-corrected chi connectivity index (χ2v) is 3.53. The summed E-state index contributed by atoms with van der Waals surface area (Å²) in [6.07, 6.45) is -4.53. The summed E-state index contributed by atoms with van der Waals surface area (Å²) in [5, 5.41) is 0. The van der Waals surface area contributed by atoms with Crippen molar-refractivity contribution in [3.63, 3.8) is 0 Å². The summed E-state index contributed by atoms with van der Waals surface area (Å²) in [6.45, 7) is -0.0822. The van der Waals surface area contributed by atoms with E-state index in [1.54, 1.807) is 0 Å². The van der Waals surface area contributed by atoms with Gasteiger partial charge in [-0.1, -0.05) is 6.07 Å². The summed E-state index contributed by atoms with van der Waals surface area (Å²) in [6, 6.07) is 2.77. The van der Waals surface area contributed by atoms with Gasteiger partial charge in [-0.15, -0.1) is 0 Å². The highest BCUT2D eigenvalue weighted by molar-refractivity contribution is 5.73. The average molecular weight is 265 g/mol. The Hall–Kier alpha value is -1.79. The number of amides is 1. The van der Waals surface area contributed by atoms with Crippen molar-refractivity contribution in [2.24, 2.45) is 5.73 Å². The number of hydrogen-bond donors (Lipinski definition) is 1. The lowest BCUT2D eigenvalue weighted by atomic mass is 10.2. The molecular formula is C11H11F4NO2. The Balaban J connectivity index is 2.70. The number of primary amides is 1. The van der Waals surface area contributed by atoms with E-state index in [0.717, 1.165) is 12.1 Å². The van der Waals surface area contributed by atoms with Gasteiger partial charge in [0.15, 0.2) is 11.6 Å². The predicted octanol–water partition coefficient (Wildman–Crippen LogP) is 2.49. The van der Waals surface area contributed by atoms with Crippen molar-refractivity contribution in [1.29, 1.82) is 0 Å². The zero-order valence-corrected chi connectivity index (χ0v) is 9.26. The maximum Gasteiger partial charge on any atom is 0.419 e. The van der Waals surface area contributed by atoms with Crippen LogP contribution < -0.4 is 10.5 Å². The fraction of sp³-hybridized carbons (Fsp3) is 0.364. The van der Waals surface area contributed by atoms with Crippen molar-refractivity contribution >= 4 is 5.91 Å². The average Bonchev–Trinajstić information content (AvgIpc) is 2.24. The number of nitrogens with two attached hydrogens (primary N) is 1. The van der Waals surface area contributed by atoms with Gasteiger partial charge in [-0.2, -0.15) is 13.2 Å². The molecule has 0 aliphatic rings. The molecule has 0 unspecified atom stereocenters. The fourth-order valence-corrected chi connectivity index (χ4v) is 1.27. The van der Waals surface area contributed by atoms with Crippen LogP contribution in [0.3, 0.4) is 0 Å². The molecule has 0 saturated heterocycles. The molecule has 3 nitrogen and oxygen atoms in total. The Kier molecular flexibility index (Phi) is 4.52. The van der Waals surface area contributed by atoms with Crippen LogP contribution in [0.25, 0.3) is 0 Å². The fourth-order valence-electron chi connectivity index (χ4n) is 1.27. The van der Waals surface area contributed by atoms with E-state index in [2.05, 4.69) is 0 Å². The molecule has 2 N–H and O–H groups in total. The van der Waals surface area contributed by atoms with E-state index in [0.29, 0.717) is 6.07 Å². The molecule has 1 aromatic carbocycles. The summed E-state index contributed by atoms with van der Waals surface area (Å²) in [4.78, 5) is 10.4. The lowest BCUT2D eigenvalue weighted by Crippen LogP contribution is -2.13.